The van der Waals surface area contributed by atoms with Crippen molar-refractivity contribution in [2.45, 2.75) is 32.9 Å². The van der Waals surface area contributed by atoms with Gasteiger partial charge in [0.1, 0.15) is 0 Å². The molecule has 0 radical (unpaired) electrons. The van der Waals surface area contributed by atoms with Crippen molar-refractivity contribution in [2.24, 2.45) is 0 Å². The Balaban J connectivity index is 1.80. The lowest BCUT2D eigenvalue weighted by Crippen LogP contribution is -2.32. The third-order valence-corrected chi connectivity index (χ3v) is 5.00. The number of rotatable bonds is 2. The molecule has 1 aromatic heterocycles. The van der Waals surface area contributed by atoms with E-state index in [1.165, 1.54) is 23.4 Å². The first-order chi connectivity index (χ1) is 8.74. The van der Waals surface area contributed by atoms with Crippen LogP contribution in [-0.2, 0) is 13.0 Å². The minimum atomic E-state index is 0.513. The number of fused-ring (bicyclic) bond motifs is 1. The molecule has 1 aliphatic heterocycles. The predicted octanol–water partition coefficient (Wildman–Crippen LogP) is 4.18. The number of benzene rings is 1. The monoisotopic (exact) mass is 257 g/mol. The molecule has 18 heavy (non-hydrogen) atoms. The van der Waals surface area contributed by atoms with Crippen LogP contribution in [-0.4, -0.2) is 11.4 Å². The summed E-state index contributed by atoms with van der Waals surface area (Å²) in [6.07, 6.45) is 1.21. The van der Waals surface area contributed by atoms with Gasteiger partial charge in [-0.1, -0.05) is 30.3 Å². The highest BCUT2D eigenvalue weighted by Crippen LogP contribution is 2.31. The van der Waals surface area contributed by atoms with Crippen LogP contribution in [0.3, 0.4) is 0 Å². The van der Waals surface area contributed by atoms with Gasteiger partial charge in [0, 0.05) is 28.9 Å². The summed E-state index contributed by atoms with van der Waals surface area (Å²) in [4.78, 5) is 5.64. The first kappa shape index (κ1) is 11.9. The van der Waals surface area contributed by atoms with E-state index in [4.69, 9.17) is 0 Å². The second-order valence-electron chi connectivity index (χ2n) is 5.11. The average molecular weight is 257 g/mol. The lowest BCUT2D eigenvalue weighted by molar-refractivity contribution is 0.193. The number of thiophene rings is 1. The summed E-state index contributed by atoms with van der Waals surface area (Å²) in [5.74, 6) is 0. The van der Waals surface area contributed by atoms with Crippen molar-refractivity contribution in [2.75, 3.05) is 6.54 Å². The summed E-state index contributed by atoms with van der Waals surface area (Å²) in [6, 6.07) is 13.7. The van der Waals surface area contributed by atoms with Crippen LogP contribution in [0, 0.1) is 6.92 Å². The minimum Gasteiger partial charge on any atom is -0.292 e. The van der Waals surface area contributed by atoms with Gasteiger partial charge in [-0.25, -0.2) is 0 Å². The summed E-state index contributed by atoms with van der Waals surface area (Å²) in [6.45, 7) is 6.83. The van der Waals surface area contributed by atoms with E-state index < -0.39 is 0 Å². The normalized spacial score (nSPS) is 17.4. The van der Waals surface area contributed by atoms with Gasteiger partial charge >= 0.3 is 0 Å². The summed E-state index contributed by atoms with van der Waals surface area (Å²) in [5, 5.41) is 0. The first-order valence-corrected chi connectivity index (χ1v) is 7.43. The molecule has 1 unspecified atom stereocenters. The molecular formula is C16H19NS. The lowest BCUT2D eigenvalue weighted by Gasteiger charge is -2.32. The maximum atomic E-state index is 2.59. The summed E-state index contributed by atoms with van der Waals surface area (Å²) in [7, 11) is 0. The molecule has 1 aliphatic rings. The van der Waals surface area contributed by atoms with Crippen molar-refractivity contribution in [1.29, 1.82) is 0 Å². The molecule has 94 valence electrons. The van der Waals surface area contributed by atoms with E-state index in [-0.39, 0.29) is 0 Å². The number of nitrogens with zero attached hydrogens (tertiary/aromatic N) is 1. The second kappa shape index (κ2) is 4.87. The molecule has 1 aromatic carbocycles. The van der Waals surface area contributed by atoms with E-state index in [9.17, 15) is 0 Å². The van der Waals surface area contributed by atoms with Crippen LogP contribution in [0.4, 0.5) is 0 Å². The molecule has 0 N–H and O–H groups in total. The lowest BCUT2D eigenvalue weighted by atomic mass is 10.0. The molecule has 2 heteroatoms. The van der Waals surface area contributed by atoms with Crippen LogP contribution in [0.25, 0.3) is 0 Å². The third-order valence-electron chi connectivity index (χ3n) is 3.85. The van der Waals surface area contributed by atoms with Crippen LogP contribution >= 0.6 is 11.3 Å². The molecule has 0 aliphatic carbocycles. The van der Waals surface area contributed by atoms with Gasteiger partial charge in [-0.3, -0.25) is 4.90 Å². The van der Waals surface area contributed by atoms with Gasteiger partial charge < -0.3 is 0 Å². The molecule has 0 amide bonds. The standard InChI is InChI=1S/C16H19NS/c1-12-10-15-11-17(9-8-16(15)18-12)13(2)14-6-4-3-5-7-14/h3-7,10,13H,8-9,11H2,1-2H3. The molecule has 0 spiro atoms. The van der Waals surface area contributed by atoms with Gasteiger partial charge in [-0.05, 0) is 37.5 Å². The fourth-order valence-corrected chi connectivity index (χ4v) is 3.81. The highest BCUT2D eigenvalue weighted by molar-refractivity contribution is 7.12. The van der Waals surface area contributed by atoms with Gasteiger partial charge in [0.15, 0.2) is 0 Å². The van der Waals surface area contributed by atoms with Crippen LogP contribution in [0.2, 0.25) is 0 Å². The maximum Gasteiger partial charge on any atom is 0.0323 e. The molecule has 1 atom stereocenters. The van der Waals surface area contributed by atoms with E-state index in [1.54, 1.807) is 10.4 Å². The zero-order chi connectivity index (χ0) is 12.5. The van der Waals surface area contributed by atoms with Crippen LogP contribution in [0.1, 0.15) is 33.8 Å². The summed E-state index contributed by atoms with van der Waals surface area (Å²) < 4.78 is 0. The Morgan fingerprint density at radius 2 is 2.00 bits per heavy atom. The Kier molecular flexibility index (Phi) is 3.23. The predicted molar refractivity (Wildman–Crippen MR) is 78.0 cm³/mol. The van der Waals surface area contributed by atoms with E-state index >= 15 is 0 Å². The molecule has 0 bridgehead atoms. The number of hydrogen-bond acceptors (Lipinski definition) is 2. The van der Waals surface area contributed by atoms with Crippen molar-refractivity contribution in [3.8, 4) is 0 Å². The summed E-state index contributed by atoms with van der Waals surface area (Å²) >= 11 is 1.97. The SMILES string of the molecule is Cc1cc2c(s1)CCN(C(C)c1ccccc1)C2. The maximum absolute atomic E-state index is 2.59. The number of hydrogen-bond donors (Lipinski definition) is 0. The van der Waals surface area contributed by atoms with E-state index in [0.29, 0.717) is 6.04 Å². The molecule has 3 rings (SSSR count). The van der Waals surface area contributed by atoms with Gasteiger partial charge in [-0.15, -0.1) is 11.3 Å². The highest BCUT2D eigenvalue weighted by Gasteiger charge is 2.22. The topological polar surface area (TPSA) is 3.24 Å². The van der Waals surface area contributed by atoms with Crippen LogP contribution in [0.5, 0.6) is 0 Å². The average Bonchev–Trinajstić information content (AvgIpc) is 2.78. The second-order valence-corrected chi connectivity index (χ2v) is 6.45. The van der Waals surface area contributed by atoms with Crippen molar-refractivity contribution in [1.82, 2.24) is 4.90 Å². The Labute approximate surface area is 113 Å². The van der Waals surface area contributed by atoms with Gasteiger partial charge in [0.25, 0.3) is 0 Å². The van der Waals surface area contributed by atoms with Gasteiger partial charge in [0.05, 0.1) is 0 Å². The van der Waals surface area contributed by atoms with Crippen molar-refractivity contribution in [3.63, 3.8) is 0 Å². The molecular weight excluding hydrogens is 238 g/mol. The Bertz CT molecular complexity index is 529. The third kappa shape index (κ3) is 2.23. The Morgan fingerprint density at radius 3 is 2.78 bits per heavy atom. The molecule has 0 saturated heterocycles. The fraction of sp³-hybridized carbons (Fsp3) is 0.375. The largest absolute Gasteiger partial charge is 0.292 e. The minimum absolute atomic E-state index is 0.513. The van der Waals surface area contributed by atoms with E-state index in [1.807, 2.05) is 11.3 Å². The molecule has 2 aromatic rings. The molecule has 0 fully saturated rings. The van der Waals surface area contributed by atoms with Crippen LogP contribution in [0.15, 0.2) is 36.4 Å². The zero-order valence-electron chi connectivity index (χ0n) is 11.0. The zero-order valence-corrected chi connectivity index (χ0v) is 11.8. The van der Waals surface area contributed by atoms with E-state index in [2.05, 4.69) is 55.1 Å². The fourth-order valence-electron chi connectivity index (χ4n) is 2.78. The summed E-state index contributed by atoms with van der Waals surface area (Å²) in [5.41, 5.74) is 2.97. The van der Waals surface area contributed by atoms with Gasteiger partial charge in [0.2, 0.25) is 0 Å². The van der Waals surface area contributed by atoms with Gasteiger partial charge in [-0.2, -0.15) is 0 Å². The Morgan fingerprint density at radius 1 is 1.22 bits per heavy atom. The quantitative estimate of drug-likeness (QED) is 0.780. The smallest absolute Gasteiger partial charge is 0.0323 e. The molecule has 0 saturated carbocycles. The highest BCUT2D eigenvalue weighted by atomic mass is 32.1. The van der Waals surface area contributed by atoms with Crippen molar-refractivity contribution < 1.29 is 0 Å². The van der Waals surface area contributed by atoms with Crippen molar-refractivity contribution in [3.05, 3.63) is 57.3 Å². The first-order valence-electron chi connectivity index (χ1n) is 6.61. The number of aryl methyl sites for hydroxylation is 1. The van der Waals surface area contributed by atoms with Crippen LogP contribution < -0.4 is 0 Å². The van der Waals surface area contributed by atoms with Crippen molar-refractivity contribution >= 4 is 11.3 Å². The Hall–Kier alpha value is -1.12. The molecule has 2 heterocycles. The van der Waals surface area contributed by atoms with E-state index in [0.717, 1.165) is 6.54 Å². The molecule has 1 nitrogen and oxygen atoms in total.